The summed E-state index contributed by atoms with van der Waals surface area (Å²) < 4.78 is 21.6. The molecule has 0 radical (unpaired) electrons. The molecule has 1 heterocycles. The van der Waals surface area contributed by atoms with Gasteiger partial charge in [-0.1, -0.05) is 24.3 Å². The van der Waals surface area contributed by atoms with E-state index in [0.29, 0.717) is 0 Å². The summed E-state index contributed by atoms with van der Waals surface area (Å²) in [5.41, 5.74) is -0.282. The van der Waals surface area contributed by atoms with E-state index >= 15 is 0 Å². The van der Waals surface area contributed by atoms with Crippen molar-refractivity contribution in [2.45, 2.75) is 25.0 Å². The molecular weight excluding hydrogens is 308 g/mol. The lowest BCUT2D eigenvalue weighted by molar-refractivity contribution is -0.0321. The van der Waals surface area contributed by atoms with E-state index in [1.807, 2.05) is 62.4 Å². The second-order valence-electron chi connectivity index (χ2n) is 5.98. The molecule has 0 unspecified atom stereocenters. The number of carbonyl (C=O) groups excluding carboxylic acids is 1. The van der Waals surface area contributed by atoms with Crippen molar-refractivity contribution in [1.82, 2.24) is 0 Å². The molecule has 0 spiro atoms. The molecule has 3 rings (SSSR count). The molecule has 1 saturated heterocycles. The van der Waals surface area contributed by atoms with Crippen LogP contribution in [-0.2, 0) is 20.7 Å². The summed E-state index contributed by atoms with van der Waals surface area (Å²) >= 11 is 0. The van der Waals surface area contributed by atoms with Gasteiger partial charge in [0.25, 0.3) is 0 Å². The lowest BCUT2D eigenvalue weighted by Crippen LogP contribution is -2.42. The average molecular weight is 328 g/mol. The van der Waals surface area contributed by atoms with Crippen molar-refractivity contribution in [1.29, 1.82) is 0 Å². The fourth-order valence-corrected chi connectivity index (χ4v) is 3.04. The zero-order valence-electron chi connectivity index (χ0n) is 14.2. The Morgan fingerprint density at radius 2 is 1.04 bits per heavy atom. The number of cyclic esters (lactones) is 2. The zero-order chi connectivity index (χ0) is 17.4. The third-order valence-electron chi connectivity index (χ3n) is 4.77. The van der Waals surface area contributed by atoms with E-state index in [-0.39, 0.29) is 0 Å². The number of ether oxygens (including phenoxy) is 4. The SMILES string of the molecule is COc1ccc([C@@]2(C)OC(=O)O[C@]2(C)c2ccc(OC)cc2)cc1. The van der Waals surface area contributed by atoms with Crippen LogP contribution in [0.3, 0.4) is 0 Å². The molecule has 24 heavy (non-hydrogen) atoms. The maximum absolute atomic E-state index is 12.0. The number of benzene rings is 2. The Labute approximate surface area is 141 Å². The first-order chi connectivity index (χ1) is 11.4. The van der Waals surface area contributed by atoms with Crippen molar-refractivity contribution >= 4 is 6.16 Å². The Bertz CT molecular complexity index is 674. The van der Waals surface area contributed by atoms with Crippen LogP contribution in [0.1, 0.15) is 25.0 Å². The van der Waals surface area contributed by atoms with Crippen LogP contribution in [0.2, 0.25) is 0 Å². The van der Waals surface area contributed by atoms with Crippen LogP contribution in [0.25, 0.3) is 0 Å². The minimum atomic E-state index is -0.967. The van der Waals surface area contributed by atoms with Crippen LogP contribution < -0.4 is 9.47 Å². The zero-order valence-corrected chi connectivity index (χ0v) is 14.2. The van der Waals surface area contributed by atoms with Gasteiger partial charge >= 0.3 is 6.16 Å². The maximum atomic E-state index is 12.0. The molecule has 0 bridgehead atoms. The summed E-state index contributed by atoms with van der Waals surface area (Å²) in [6, 6.07) is 14.8. The van der Waals surface area contributed by atoms with Crippen molar-refractivity contribution in [3.05, 3.63) is 59.7 Å². The van der Waals surface area contributed by atoms with Gasteiger partial charge in [0.1, 0.15) is 11.5 Å². The van der Waals surface area contributed by atoms with E-state index < -0.39 is 17.4 Å². The topological polar surface area (TPSA) is 54.0 Å². The third-order valence-corrected chi connectivity index (χ3v) is 4.77. The Morgan fingerprint density at radius 1 is 0.708 bits per heavy atom. The Balaban J connectivity index is 2.07. The van der Waals surface area contributed by atoms with Crippen LogP contribution in [0, 0.1) is 0 Å². The molecule has 1 aliphatic heterocycles. The van der Waals surface area contributed by atoms with Gasteiger partial charge in [-0.2, -0.15) is 0 Å². The Hall–Kier alpha value is -2.69. The second-order valence-corrected chi connectivity index (χ2v) is 5.98. The molecule has 1 aliphatic rings. The minimum absolute atomic E-state index is 0.688. The number of hydrogen-bond donors (Lipinski definition) is 0. The van der Waals surface area contributed by atoms with E-state index in [9.17, 15) is 4.79 Å². The van der Waals surface area contributed by atoms with Crippen molar-refractivity contribution in [3.8, 4) is 11.5 Å². The van der Waals surface area contributed by atoms with Crippen molar-refractivity contribution in [2.75, 3.05) is 14.2 Å². The van der Waals surface area contributed by atoms with Gasteiger partial charge in [0.05, 0.1) is 14.2 Å². The minimum Gasteiger partial charge on any atom is -0.497 e. The molecule has 5 heteroatoms. The molecule has 0 N–H and O–H groups in total. The van der Waals surface area contributed by atoms with E-state index in [1.165, 1.54) is 0 Å². The molecule has 2 aromatic rings. The monoisotopic (exact) mass is 328 g/mol. The van der Waals surface area contributed by atoms with Gasteiger partial charge in [0.2, 0.25) is 0 Å². The molecule has 2 aromatic carbocycles. The van der Waals surface area contributed by atoms with Gasteiger partial charge in [-0.25, -0.2) is 4.79 Å². The van der Waals surface area contributed by atoms with Gasteiger partial charge in [0, 0.05) is 11.1 Å². The summed E-state index contributed by atoms with van der Waals surface area (Å²) in [7, 11) is 3.22. The molecule has 0 aromatic heterocycles. The summed E-state index contributed by atoms with van der Waals surface area (Å²) in [5, 5.41) is 0. The highest BCUT2D eigenvalue weighted by molar-refractivity contribution is 5.66. The van der Waals surface area contributed by atoms with Crippen molar-refractivity contribution in [2.24, 2.45) is 0 Å². The van der Waals surface area contributed by atoms with E-state index in [4.69, 9.17) is 18.9 Å². The van der Waals surface area contributed by atoms with Gasteiger partial charge in [-0.15, -0.1) is 0 Å². The molecule has 0 aliphatic carbocycles. The summed E-state index contributed by atoms with van der Waals surface area (Å²) in [4.78, 5) is 12.0. The number of methoxy groups -OCH3 is 2. The summed E-state index contributed by atoms with van der Waals surface area (Å²) in [6.07, 6.45) is -0.688. The van der Waals surface area contributed by atoms with Crippen LogP contribution in [0.5, 0.6) is 11.5 Å². The number of rotatable bonds is 4. The predicted octanol–water partition coefficient (Wildman–Crippen LogP) is 4.00. The second kappa shape index (κ2) is 5.74. The van der Waals surface area contributed by atoms with Crippen molar-refractivity contribution < 1.29 is 23.7 Å². The van der Waals surface area contributed by atoms with Crippen LogP contribution >= 0.6 is 0 Å². The summed E-state index contributed by atoms with van der Waals surface area (Å²) in [5.74, 6) is 1.47. The number of carbonyl (C=O) groups is 1. The Kier molecular flexibility index (Phi) is 3.87. The Morgan fingerprint density at radius 3 is 1.33 bits per heavy atom. The normalized spacial score (nSPS) is 25.8. The van der Waals surface area contributed by atoms with Gasteiger partial charge in [0.15, 0.2) is 11.2 Å². The van der Waals surface area contributed by atoms with Crippen LogP contribution in [0.4, 0.5) is 4.79 Å². The molecule has 5 nitrogen and oxygen atoms in total. The fraction of sp³-hybridized carbons (Fsp3) is 0.316. The van der Waals surface area contributed by atoms with Gasteiger partial charge in [-0.3, -0.25) is 0 Å². The molecule has 0 saturated carbocycles. The highest BCUT2D eigenvalue weighted by Gasteiger charge is 2.59. The van der Waals surface area contributed by atoms with Gasteiger partial charge in [-0.05, 0) is 38.1 Å². The quantitative estimate of drug-likeness (QED) is 0.794. The molecular formula is C19H20O5. The van der Waals surface area contributed by atoms with E-state index in [0.717, 1.165) is 22.6 Å². The van der Waals surface area contributed by atoms with E-state index in [1.54, 1.807) is 14.2 Å². The lowest BCUT2D eigenvalue weighted by atomic mass is 9.76. The average Bonchev–Trinajstić information content (AvgIpc) is 2.85. The first-order valence-corrected chi connectivity index (χ1v) is 7.64. The smallest absolute Gasteiger partial charge is 0.497 e. The van der Waals surface area contributed by atoms with E-state index in [2.05, 4.69) is 0 Å². The predicted molar refractivity (Wildman–Crippen MR) is 88.3 cm³/mol. The molecule has 126 valence electrons. The van der Waals surface area contributed by atoms with Crippen LogP contribution in [-0.4, -0.2) is 20.4 Å². The summed E-state index contributed by atoms with van der Waals surface area (Å²) in [6.45, 7) is 3.70. The van der Waals surface area contributed by atoms with Gasteiger partial charge < -0.3 is 18.9 Å². The standard InChI is InChI=1S/C19H20O5/c1-18(13-5-9-15(21-3)10-6-13)19(2,24-17(20)23-18)14-7-11-16(22-4)12-8-14/h5-12H,1-4H3/t18-,19-/m1/s1. The molecule has 2 atom stereocenters. The number of hydrogen-bond acceptors (Lipinski definition) is 5. The lowest BCUT2D eigenvalue weighted by Gasteiger charge is -2.36. The fourth-order valence-electron chi connectivity index (χ4n) is 3.04. The third kappa shape index (κ3) is 2.37. The first-order valence-electron chi connectivity index (χ1n) is 7.64. The molecule has 1 fully saturated rings. The van der Waals surface area contributed by atoms with Crippen molar-refractivity contribution in [3.63, 3.8) is 0 Å². The highest BCUT2D eigenvalue weighted by atomic mass is 16.8. The largest absolute Gasteiger partial charge is 0.510 e. The first kappa shape index (κ1) is 16.2. The maximum Gasteiger partial charge on any atom is 0.510 e. The van der Waals surface area contributed by atoms with Crippen LogP contribution in [0.15, 0.2) is 48.5 Å². The molecule has 0 amide bonds. The highest BCUT2D eigenvalue weighted by Crippen LogP contribution is 2.51.